The van der Waals surface area contributed by atoms with E-state index >= 15 is 0 Å². The molecular formula is C11H22N2O2. The number of rotatable bonds is 1. The van der Waals surface area contributed by atoms with E-state index in [1.807, 2.05) is 20.8 Å². The van der Waals surface area contributed by atoms with Crippen molar-refractivity contribution in [3.8, 4) is 0 Å². The van der Waals surface area contributed by atoms with Crippen molar-refractivity contribution < 1.29 is 9.53 Å². The molecule has 1 aliphatic rings. The van der Waals surface area contributed by atoms with Gasteiger partial charge in [0.15, 0.2) is 0 Å². The van der Waals surface area contributed by atoms with Crippen molar-refractivity contribution >= 4 is 6.09 Å². The molecule has 88 valence electrons. The van der Waals surface area contributed by atoms with Crippen LogP contribution in [0.1, 0.15) is 34.1 Å². The second-order valence-electron chi connectivity index (χ2n) is 5.37. The van der Waals surface area contributed by atoms with Crippen molar-refractivity contribution in [2.45, 2.75) is 51.8 Å². The molecule has 1 aliphatic heterocycles. The standard InChI is InChI=1S/C11H22N2O2/c1-8-6-9(7-13(8)5)12-10(14)15-11(2,3)4/h8-9H,6-7H2,1-5H3,(H,12,14)/t8-,9+/m0/s1. The molecule has 1 saturated heterocycles. The van der Waals surface area contributed by atoms with Gasteiger partial charge in [-0.25, -0.2) is 4.79 Å². The summed E-state index contributed by atoms with van der Waals surface area (Å²) < 4.78 is 5.20. The fourth-order valence-electron chi connectivity index (χ4n) is 1.77. The predicted molar refractivity (Wildman–Crippen MR) is 59.9 cm³/mol. The molecule has 0 radical (unpaired) electrons. The third-order valence-electron chi connectivity index (χ3n) is 2.61. The van der Waals surface area contributed by atoms with Crippen molar-refractivity contribution in [3.05, 3.63) is 0 Å². The summed E-state index contributed by atoms with van der Waals surface area (Å²) in [4.78, 5) is 13.7. The van der Waals surface area contributed by atoms with Gasteiger partial charge < -0.3 is 15.0 Å². The van der Waals surface area contributed by atoms with Gasteiger partial charge in [0.05, 0.1) is 0 Å². The second kappa shape index (κ2) is 4.39. The maximum atomic E-state index is 11.5. The first kappa shape index (κ1) is 12.3. The lowest BCUT2D eigenvalue weighted by atomic mass is 10.2. The Morgan fingerprint density at radius 1 is 1.47 bits per heavy atom. The average Bonchev–Trinajstić information content (AvgIpc) is 2.26. The normalized spacial score (nSPS) is 27.8. The molecular weight excluding hydrogens is 192 g/mol. The number of likely N-dealkylation sites (tertiary alicyclic amines) is 1. The zero-order valence-electron chi connectivity index (χ0n) is 10.3. The first-order valence-electron chi connectivity index (χ1n) is 5.47. The summed E-state index contributed by atoms with van der Waals surface area (Å²) in [5.74, 6) is 0. The van der Waals surface area contributed by atoms with Crippen LogP contribution in [0.3, 0.4) is 0 Å². The number of hydrogen-bond donors (Lipinski definition) is 1. The van der Waals surface area contributed by atoms with Crippen molar-refractivity contribution in [1.82, 2.24) is 10.2 Å². The number of alkyl carbamates (subject to hydrolysis) is 1. The van der Waals surface area contributed by atoms with Crippen LogP contribution in [0.15, 0.2) is 0 Å². The lowest BCUT2D eigenvalue weighted by Crippen LogP contribution is -2.40. The fourth-order valence-corrected chi connectivity index (χ4v) is 1.77. The number of nitrogens with one attached hydrogen (secondary N) is 1. The van der Waals surface area contributed by atoms with E-state index in [2.05, 4.69) is 24.2 Å². The summed E-state index contributed by atoms with van der Waals surface area (Å²) in [6, 6.07) is 0.754. The van der Waals surface area contributed by atoms with Gasteiger partial charge in [0.1, 0.15) is 5.60 Å². The number of hydrogen-bond acceptors (Lipinski definition) is 3. The number of amides is 1. The number of ether oxygens (including phenoxy) is 1. The van der Waals surface area contributed by atoms with Crippen LogP contribution >= 0.6 is 0 Å². The number of carbonyl (C=O) groups is 1. The Morgan fingerprint density at radius 3 is 2.47 bits per heavy atom. The van der Waals surface area contributed by atoms with E-state index in [1.165, 1.54) is 0 Å². The van der Waals surface area contributed by atoms with Gasteiger partial charge in [0.2, 0.25) is 0 Å². The molecule has 0 aromatic carbocycles. The van der Waals surface area contributed by atoms with Crippen LogP contribution in [0.2, 0.25) is 0 Å². The molecule has 15 heavy (non-hydrogen) atoms. The minimum Gasteiger partial charge on any atom is -0.444 e. The molecule has 4 nitrogen and oxygen atoms in total. The maximum absolute atomic E-state index is 11.5. The highest BCUT2D eigenvalue weighted by atomic mass is 16.6. The van der Waals surface area contributed by atoms with E-state index in [0.29, 0.717) is 6.04 Å². The zero-order chi connectivity index (χ0) is 11.6. The fraction of sp³-hybridized carbons (Fsp3) is 0.909. The molecule has 1 fully saturated rings. The van der Waals surface area contributed by atoms with E-state index in [0.717, 1.165) is 13.0 Å². The monoisotopic (exact) mass is 214 g/mol. The molecule has 0 aromatic heterocycles. The molecule has 1 N–H and O–H groups in total. The van der Waals surface area contributed by atoms with Gasteiger partial charge in [-0.1, -0.05) is 0 Å². The molecule has 2 atom stereocenters. The Hall–Kier alpha value is -0.770. The SMILES string of the molecule is C[C@H]1C[C@@H](NC(=O)OC(C)(C)C)CN1C. The molecule has 0 aromatic rings. The number of nitrogens with zero attached hydrogens (tertiary/aromatic N) is 1. The summed E-state index contributed by atoms with van der Waals surface area (Å²) in [6.07, 6.45) is 0.686. The molecule has 1 amide bonds. The summed E-state index contributed by atoms with van der Waals surface area (Å²) in [6.45, 7) is 8.68. The van der Waals surface area contributed by atoms with Crippen LogP contribution in [0.5, 0.6) is 0 Å². The number of likely N-dealkylation sites (N-methyl/N-ethyl adjacent to an activating group) is 1. The minimum atomic E-state index is -0.416. The van der Waals surface area contributed by atoms with Gasteiger partial charge in [0.25, 0.3) is 0 Å². The van der Waals surface area contributed by atoms with Gasteiger partial charge in [-0.05, 0) is 41.2 Å². The van der Waals surface area contributed by atoms with E-state index < -0.39 is 5.60 Å². The van der Waals surface area contributed by atoms with Crippen LogP contribution < -0.4 is 5.32 Å². The van der Waals surface area contributed by atoms with Gasteiger partial charge in [-0.15, -0.1) is 0 Å². The summed E-state index contributed by atoms with van der Waals surface area (Å²) in [5, 5.41) is 2.89. The van der Waals surface area contributed by atoms with Crippen molar-refractivity contribution in [2.24, 2.45) is 0 Å². The van der Waals surface area contributed by atoms with Gasteiger partial charge in [0, 0.05) is 18.6 Å². The molecule has 0 saturated carbocycles. The first-order chi connectivity index (χ1) is 6.78. The zero-order valence-corrected chi connectivity index (χ0v) is 10.3. The van der Waals surface area contributed by atoms with Crippen molar-refractivity contribution in [1.29, 1.82) is 0 Å². The average molecular weight is 214 g/mol. The Labute approximate surface area is 92.0 Å². The van der Waals surface area contributed by atoms with Gasteiger partial charge in [-0.3, -0.25) is 0 Å². The van der Waals surface area contributed by atoms with Crippen molar-refractivity contribution in [2.75, 3.05) is 13.6 Å². The second-order valence-corrected chi connectivity index (χ2v) is 5.37. The number of carbonyl (C=O) groups excluding carboxylic acids is 1. The molecule has 4 heteroatoms. The Bertz CT molecular complexity index is 225. The van der Waals surface area contributed by atoms with Gasteiger partial charge >= 0.3 is 6.09 Å². The van der Waals surface area contributed by atoms with Crippen LogP contribution in [-0.2, 0) is 4.74 Å². The maximum Gasteiger partial charge on any atom is 0.407 e. The van der Waals surface area contributed by atoms with Crippen LogP contribution in [0, 0.1) is 0 Å². The first-order valence-corrected chi connectivity index (χ1v) is 5.47. The van der Waals surface area contributed by atoms with E-state index in [1.54, 1.807) is 0 Å². The molecule has 1 rings (SSSR count). The highest BCUT2D eigenvalue weighted by Crippen LogP contribution is 2.15. The predicted octanol–water partition coefficient (Wildman–Crippen LogP) is 1.60. The van der Waals surface area contributed by atoms with Crippen LogP contribution in [0.25, 0.3) is 0 Å². The topological polar surface area (TPSA) is 41.6 Å². The van der Waals surface area contributed by atoms with E-state index in [9.17, 15) is 4.79 Å². The largest absolute Gasteiger partial charge is 0.444 e. The molecule has 0 bridgehead atoms. The van der Waals surface area contributed by atoms with Crippen LogP contribution in [-0.4, -0.2) is 42.3 Å². The third kappa shape index (κ3) is 4.08. The quantitative estimate of drug-likeness (QED) is 0.721. The Kier molecular flexibility index (Phi) is 3.60. The Balaban J connectivity index is 2.34. The summed E-state index contributed by atoms with van der Waals surface area (Å²) >= 11 is 0. The smallest absolute Gasteiger partial charge is 0.407 e. The molecule has 0 unspecified atom stereocenters. The lowest BCUT2D eigenvalue weighted by molar-refractivity contribution is 0.0506. The summed E-state index contributed by atoms with van der Waals surface area (Å²) in [7, 11) is 2.07. The van der Waals surface area contributed by atoms with Crippen LogP contribution in [0.4, 0.5) is 4.79 Å². The van der Waals surface area contributed by atoms with E-state index in [-0.39, 0.29) is 12.1 Å². The lowest BCUT2D eigenvalue weighted by Gasteiger charge is -2.21. The van der Waals surface area contributed by atoms with E-state index in [4.69, 9.17) is 4.74 Å². The Morgan fingerprint density at radius 2 is 2.07 bits per heavy atom. The molecule has 0 spiro atoms. The minimum absolute atomic E-state index is 0.222. The van der Waals surface area contributed by atoms with Gasteiger partial charge in [-0.2, -0.15) is 0 Å². The highest BCUT2D eigenvalue weighted by Gasteiger charge is 2.28. The summed E-state index contributed by atoms with van der Waals surface area (Å²) in [5.41, 5.74) is -0.416. The highest BCUT2D eigenvalue weighted by molar-refractivity contribution is 5.68. The van der Waals surface area contributed by atoms with Crippen molar-refractivity contribution in [3.63, 3.8) is 0 Å². The third-order valence-corrected chi connectivity index (χ3v) is 2.61. The molecule has 0 aliphatic carbocycles. The molecule has 1 heterocycles.